The summed E-state index contributed by atoms with van der Waals surface area (Å²) in [6.45, 7) is 7.72. The van der Waals surface area contributed by atoms with E-state index in [0.717, 1.165) is 0 Å². The molecule has 0 radical (unpaired) electrons. The van der Waals surface area contributed by atoms with Gasteiger partial charge in [0.05, 0.1) is 22.3 Å². The van der Waals surface area contributed by atoms with Crippen LogP contribution in [-0.4, -0.2) is 28.0 Å². The lowest BCUT2D eigenvalue weighted by atomic mass is 10.3. The van der Waals surface area contributed by atoms with E-state index in [-0.39, 0.29) is 11.9 Å². The van der Waals surface area contributed by atoms with Gasteiger partial charge in [-0.05, 0) is 45.9 Å². The molecule has 112 valence electrons. The van der Waals surface area contributed by atoms with Crippen molar-refractivity contribution in [3.8, 4) is 5.75 Å². The molecule has 1 rings (SSSR count). The monoisotopic (exact) mass is 298 g/mol. The third-order valence-electron chi connectivity index (χ3n) is 2.63. The van der Waals surface area contributed by atoms with Gasteiger partial charge < -0.3 is 15.8 Å². The van der Waals surface area contributed by atoms with Crippen molar-refractivity contribution in [2.75, 3.05) is 12.3 Å². The molecule has 1 aromatic carbocycles. The molecule has 0 aliphatic rings. The van der Waals surface area contributed by atoms with Crippen molar-refractivity contribution < 1.29 is 13.7 Å². The summed E-state index contributed by atoms with van der Waals surface area (Å²) in [6.07, 6.45) is 0. The maximum Gasteiger partial charge on any atom is 0.236 e. The lowest BCUT2D eigenvalue weighted by Gasteiger charge is -2.16. The summed E-state index contributed by atoms with van der Waals surface area (Å²) in [5.41, 5.74) is 6.24. The highest BCUT2D eigenvalue weighted by Gasteiger charge is 2.23. The molecule has 2 unspecified atom stereocenters. The van der Waals surface area contributed by atoms with Gasteiger partial charge in [0.2, 0.25) is 5.91 Å². The Labute approximate surface area is 122 Å². The zero-order valence-electron chi connectivity index (χ0n) is 12.3. The van der Waals surface area contributed by atoms with Gasteiger partial charge in [-0.1, -0.05) is 0 Å². The summed E-state index contributed by atoms with van der Waals surface area (Å²) in [5.74, 6) is 0.348. The highest BCUT2D eigenvalue weighted by Crippen LogP contribution is 2.25. The first kappa shape index (κ1) is 16.5. The number of hydrogen-bond donors (Lipinski definition) is 2. The lowest BCUT2D eigenvalue weighted by Crippen LogP contribution is -2.39. The van der Waals surface area contributed by atoms with E-state index in [0.29, 0.717) is 22.9 Å². The third-order valence-corrected chi connectivity index (χ3v) is 4.28. The topological polar surface area (TPSA) is 81.4 Å². The predicted molar refractivity (Wildman–Crippen MR) is 81.2 cm³/mol. The summed E-state index contributed by atoms with van der Waals surface area (Å²) < 4.78 is 17.8. The summed E-state index contributed by atoms with van der Waals surface area (Å²) in [7, 11) is -1.52. The largest absolute Gasteiger partial charge is 0.494 e. The Balaban J connectivity index is 2.95. The van der Waals surface area contributed by atoms with Gasteiger partial charge in [-0.15, -0.1) is 0 Å². The summed E-state index contributed by atoms with van der Waals surface area (Å²) in [5, 5.41) is 2.08. The zero-order chi connectivity index (χ0) is 15.3. The van der Waals surface area contributed by atoms with E-state index in [2.05, 4.69) is 5.32 Å². The van der Waals surface area contributed by atoms with Gasteiger partial charge in [0.25, 0.3) is 0 Å². The van der Waals surface area contributed by atoms with Crippen molar-refractivity contribution in [1.29, 1.82) is 0 Å². The van der Waals surface area contributed by atoms with Crippen molar-refractivity contribution >= 4 is 22.4 Å². The number of nitrogens with two attached hydrogens (primary N) is 1. The average Bonchev–Trinajstić information content (AvgIpc) is 2.38. The number of nitrogens with one attached hydrogen (secondary N) is 1. The highest BCUT2D eigenvalue weighted by atomic mass is 32.2. The maximum atomic E-state index is 12.5. The summed E-state index contributed by atoms with van der Waals surface area (Å²) in [4.78, 5) is 12.3. The molecule has 0 heterocycles. The lowest BCUT2D eigenvalue weighted by molar-refractivity contribution is -0.120. The van der Waals surface area contributed by atoms with Gasteiger partial charge in [-0.2, -0.15) is 0 Å². The van der Waals surface area contributed by atoms with Gasteiger partial charge in [0.1, 0.15) is 11.0 Å². The number of rotatable bonds is 6. The van der Waals surface area contributed by atoms with Crippen molar-refractivity contribution in [2.45, 2.75) is 43.9 Å². The highest BCUT2D eigenvalue weighted by molar-refractivity contribution is 7.86. The van der Waals surface area contributed by atoms with Crippen LogP contribution in [0, 0.1) is 0 Å². The number of ether oxygens (including phenoxy) is 1. The second kappa shape index (κ2) is 7.28. The predicted octanol–water partition coefficient (Wildman–Crippen LogP) is 1.69. The summed E-state index contributed by atoms with van der Waals surface area (Å²) in [6, 6.07) is 5.01. The number of amides is 1. The van der Waals surface area contributed by atoms with Gasteiger partial charge in [0.15, 0.2) is 0 Å². The van der Waals surface area contributed by atoms with Crippen LogP contribution in [0.2, 0.25) is 0 Å². The van der Waals surface area contributed by atoms with Gasteiger partial charge in [-0.3, -0.25) is 9.00 Å². The number of benzene rings is 1. The summed E-state index contributed by atoms with van der Waals surface area (Å²) >= 11 is 0. The Kier molecular flexibility index (Phi) is 6.01. The van der Waals surface area contributed by atoms with E-state index in [1.807, 2.05) is 20.8 Å². The molecular formula is C14H22N2O3S. The number of nitrogen functional groups attached to an aromatic ring is 1. The molecule has 0 aliphatic carbocycles. The molecule has 1 aromatic rings. The van der Waals surface area contributed by atoms with Crippen molar-refractivity contribution in [3.63, 3.8) is 0 Å². The van der Waals surface area contributed by atoms with Crippen LogP contribution in [0.1, 0.15) is 27.7 Å². The molecule has 0 spiro atoms. The molecule has 20 heavy (non-hydrogen) atoms. The quantitative estimate of drug-likeness (QED) is 0.783. The van der Waals surface area contributed by atoms with Crippen LogP contribution < -0.4 is 15.8 Å². The third kappa shape index (κ3) is 4.23. The average molecular weight is 298 g/mol. The molecule has 0 bridgehead atoms. The van der Waals surface area contributed by atoms with Crippen molar-refractivity contribution in [2.24, 2.45) is 0 Å². The first-order valence-corrected chi connectivity index (χ1v) is 7.81. The fourth-order valence-corrected chi connectivity index (χ4v) is 2.81. The second-order valence-electron chi connectivity index (χ2n) is 4.74. The van der Waals surface area contributed by atoms with E-state index in [1.54, 1.807) is 25.1 Å². The van der Waals surface area contributed by atoms with E-state index in [4.69, 9.17) is 10.5 Å². The van der Waals surface area contributed by atoms with Crippen LogP contribution in [0.15, 0.2) is 23.1 Å². The number of hydrogen-bond acceptors (Lipinski definition) is 4. The molecule has 1 amide bonds. The Morgan fingerprint density at radius 2 is 2.05 bits per heavy atom. The van der Waals surface area contributed by atoms with Crippen LogP contribution in [0.25, 0.3) is 0 Å². The van der Waals surface area contributed by atoms with E-state index in [1.165, 1.54) is 0 Å². The first-order valence-electron chi connectivity index (χ1n) is 6.60. The minimum absolute atomic E-state index is 0.00839. The molecule has 0 saturated carbocycles. The minimum Gasteiger partial charge on any atom is -0.494 e. The number of carbonyl (C=O) groups is 1. The van der Waals surface area contributed by atoms with Crippen LogP contribution in [-0.2, 0) is 15.6 Å². The minimum atomic E-state index is -1.52. The molecule has 2 atom stereocenters. The van der Waals surface area contributed by atoms with Gasteiger partial charge in [-0.25, -0.2) is 0 Å². The molecule has 0 fully saturated rings. The first-order chi connectivity index (χ1) is 9.36. The second-order valence-corrected chi connectivity index (χ2v) is 6.48. The standard InChI is InChI=1S/C14H22N2O3S/c1-5-19-11-6-7-12(15)13(8-11)20(18)10(4)14(17)16-9(2)3/h6-10H,5,15H2,1-4H3,(H,16,17). The van der Waals surface area contributed by atoms with E-state index >= 15 is 0 Å². The molecule has 3 N–H and O–H groups in total. The zero-order valence-corrected chi connectivity index (χ0v) is 13.1. The Hall–Kier alpha value is -1.56. The Morgan fingerprint density at radius 1 is 1.40 bits per heavy atom. The van der Waals surface area contributed by atoms with Gasteiger partial charge >= 0.3 is 0 Å². The molecule has 0 aromatic heterocycles. The van der Waals surface area contributed by atoms with Crippen LogP contribution in [0.5, 0.6) is 5.75 Å². The Morgan fingerprint density at radius 3 is 2.60 bits per heavy atom. The van der Waals surface area contributed by atoms with Crippen molar-refractivity contribution in [1.82, 2.24) is 5.32 Å². The Bertz CT molecular complexity index is 503. The molecule has 0 saturated heterocycles. The van der Waals surface area contributed by atoms with Crippen LogP contribution in [0.3, 0.4) is 0 Å². The molecular weight excluding hydrogens is 276 g/mol. The van der Waals surface area contributed by atoms with Gasteiger partial charge in [0, 0.05) is 11.7 Å². The maximum absolute atomic E-state index is 12.5. The molecule has 6 heteroatoms. The molecule has 0 aliphatic heterocycles. The fraction of sp³-hybridized carbons (Fsp3) is 0.500. The van der Waals surface area contributed by atoms with Crippen molar-refractivity contribution in [3.05, 3.63) is 18.2 Å². The number of carbonyl (C=O) groups excluding carboxylic acids is 1. The fourth-order valence-electron chi connectivity index (χ4n) is 1.63. The van der Waals surface area contributed by atoms with Crippen LogP contribution in [0.4, 0.5) is 5.69 Å². The smallest absolute Gasteiger partial charge is 0.236 e. The van der Waals surface area contributed by atoms with E-state index < -0.39 is 16.0 Å². The van der Waals surface area contributed by atoms with Crippen LogP contribution >= 0.6 is 0 Å². The SMILES string of the molecule is CCOc1ccc(N)c(S(=O)C(C)C(=O)NC(C)C)c1. The number of anilines is 1. The molecule has 5 nitrogen and oxygen atoms in total. The normalized spacial score (nSPS) is 13.8. The van der Waals surface area contributed by atoms with E-state index in [9.17, 15) is 9.00 Å².